The molecule has 3 aliphatic heterocycles. The van der Waals surface area contributed by atoms with Crippen molar-refractivity contribution in [3.05, 3.63) is 71.5 Å². The molecule has 2 aromatic carbocycles. The van der Waals surface area contributed by atoms with Gasteiger partial charge in [0.15, 0.2) is 20.1 Å². The minimum atomic E-state index is -2.81. The molecule has 0 radical (unpaired) electrons. The molecule has 6 rings (SSSR count). The fourth-order valence-electron chi connectivity index (χ4n) is 7.32. The number of nitrogens with zero attached hydrogens (tertiary/aromatic N) is 5. The molecular weight excluding hydrogens is 594 g/mol. The Morgan fingerprint density at radius 2 is 1.89 bits per heavy atom. The fraction of sp³-hybridized carbons (Fsp3) is 0.469. The Balaban J connectivity index is 1.25. The summed E-state index contributed by atoms with van der Waals surface area (Å²) in [6.45, 7) is 7.91. The summed E-state index contributed by atoms with van der Waals surface area (Å²) in [5, 5.41) is 17.5. The number of esters is 1. The van der Waals surface area contributed by atoms with Crippen LogP contribution in [-0.2, 0) is 49.0 Å². The highest BCUT2D eigenvalue weighted by Crippen LogP contribution is 2.59. The first-order chi connectivity index (χ1) is 21.4. The topological polar surface area (TPSA) is 147 Å². The molecule has 1 spiro atoms. The number of aliphatic hydroxyl groups is 1. The van der Waals surface area contributed by atoms with E-state index >= 15 is 0 Å². The highest BCUT2D eigenvalue weighted by molar-refractivity contribution is 6.71. The minimum Gasteiger partial charge on any atom is -0.441 e. The summed E-state index contributed by atoms with van der Waals surface area (Å²) < 4.78 is 13.8. The first-order valence-corrected chi connectivity index (χ1v) is 18.4. The van der Waals surface area contributed by atoms with Gasteiger partial charge >= 0.3 is 5.97 Å². The summed E-state index contributed by atoms with van der Waals surface area (Å²) in [5.41, 5.74) is 2.29. The van der Waals surface area contributed by atoms with Crippen molar-refractivity contribution >= 4 is 37.5 Å². The first-order valence-electron chi connectivity index (χ1n) is 15.3. The number of anilines is 2. The quantitative estimate of drug-likeness (QED) is 0.195. The van der Waals surface area contributed by atoms with Crippen LogP contribution in [0.25, 0.3) is 0 Å². The normalized spacial score (nSPS) is 26.0. The lowest BCUT2D eigenvalue weighted by Gasteiger charge is -2.39. The van der Waals surface area contributed by atoms with Crippen LogP contribution in [0.1, 0.15) is 43.5 Å². The van der Waals surface area contributed by atoms with E-state index in [0.29, 0.717) is 30.8 Å². The second-order valence-electron chi connectivity index (χ2n) is 12.7. The van der Waals surface area contributed by atoms with Crippen LogP contribution in [0.2, 0.25) is 18.6 Å². The Labute approximate surface area is 262 Å². The van der Waals surface area contributed by atoms with E-state index in [9.17, 15) is 24.3 Å². The van der Waals surface area contributed by atoms with Crippen molar-refractivity contribution in [2.24, 2.45) is 5.92 Å². The number of β-lactam (4-membered cyclic amide) rings is 1. The number of fused-ring (bicyclic) bond motifs is 2. The molecule has 2 amide bonds. The molecule has 12 nitrogen and oxygen atoms in total. The van der Waals surface area contributed by atoms with Crippen LogP contribution in [0.3, 0.4) is 0 Å². The van der Waals surface area contributed by atoms with Crippen molar-refractivity contribution in [3.63, 3.8) is 0 Å². The maximum absolute atomic E-state index is 14.6. The molecule has 2 N–H and O–H groups in total. The van der Waals surface area contributed by atoms with Crippen molar-refractivity contribution in [2.75, 3.05) is 16.4 Å². The molecule has 238 valence electrons. The molecule has 0 aliphatic carbocycles. The molecule has 0 saturated carbocycles. The molecule has 1 unspecified atom stereocenters. The largest absolute Gasteiger partial charge is 0.441 e. The number of amides is 2. The van der Waals surface area contributed by atoms with E-state index < -0.39 is 26.1 Å². The van der Waals surface area contributed by atoms with Crippen LogP contribution in [0.15, 0.2) is 54.7 Å². The molecule has 2 fully saturated rings. The van der Waals surface area contributed by atoms with Gasteiger partial charge < -0.3 is 24.3 Å². The predicted octanol–water partition coefficient (Wildman–Crippen LogP) is 2.87. The number of hydrogen-bond donors (Lipinski definition) is 2. The Morgan fingerprint density at radius 1 is 1.16 bits per heavy atom. The second kappa shape index (κ2) is 11.8. The van der Waals surface area contributed by atoms with Gasteiger partial charge in [0.1, 0.15) is 0 Å². The number of carbonyl (C=O) groups is 3. The van der Waals surface area contributed by atoms with Crippen molar-refractivity contribution in [2.45, 2.75) is 82.8 Å². The van der Waals surface area contributed by atoms with E-state index in [1.807, 2.05) is 56.4 Å². The zero-order valence-corrected chi connectivity index (χ0v) is 26.9. The van der Waals surface area contributed by atoms with Gasteiger partial charge in [-0.25, -0.2) is 0 Å². The van der Waals surface area contributed by atoms with E-state index in [1.54, 1.807) is 27.9 Å². The second-order valence-corrected chi connectivity index (χ2v) is 16.7. The predicted molar refractivity (Wildman–Crippen MR) is 166 cm³/mol. The molecule has 1 aromatic heterocycles. The highest BCUT2D eigenvalue weighted by Gasteiger charge is 2.66. The van der Waals surface area contributed by atoms with Crippen LogP contribution in [0.5, 0.6) is 0 Å². The number of rotatable bonds is 10. The van der Waals surface area contributed by atoms with Crippen LogP contribution in [0, 0.1) is 5.92 Å². The molecule has 3 aliphatic rings. The SMILES string of the molecule is CC(=O)OC1CC(=O)N1c1ccc(CN2C(=O)[C@@]3(O[C@@H](CCn4cc(CCO)nn4)[C@H]([Si](C)(C)O)[C@H]3C)c3ccccc32)cc1. The zero-order valence-electron chi connectivity index (χ0n) is 25.9. The van der Waals surface area contributed by atoms with E-state index in [4.69, 9.17) is 9.47 Å². The molecular formula is C32H39N5O7Si. The van der Waals surface area contributed by atoms with Crippen LogP contribution in [-0.4, -0.2) is 69.9 Å². The monoisotopic (exact) mass is 633 g/mol. The highest BCUT2D eigenvalue weighted by atomic mass is 28.4. The molecule has 13 heteroatoms. The average molecular weight is 634 g/mol. The van der Waals surface area contributed by atoms with Crippen molar-refractivity contribution in [1.29, 1.82) is 0 Å². The third-order valence-electron chi connectivity index (χ3n) is 9.25. The molecule has 5 atom stereocenters. The number of carbonyl (C=O) groups excluding carboxylic acids is 3. The summed E-state index contributed by atoms with van der Waals surface area (Å²) in [6.07, 6.45) is 1.93. The van der Waals surface area contributed by atoms with Gasteiger partial charge in [0, 0.05) is 55.4 Å². The number of benzene rings is 2. The summed E-state index contributed by atoms with van der Waals surface area (Å²) in [7, 11) is -2.81. The maximum atomic E-state index is 14.6. The van der Waals surface area contributed by atoms with Gasteiger partial charge in [0.25, 0.3) is 5.91 Å². The lowest BCUT2D eigenvalue weighted by molar-refractivity contribution is -0.154. The van der Waals surface area contributed by atoms with E-state index in [1.165, 1.54) is 11.8 Å². The van der Waals surface area contributed by atoms with E-state index in [-0.39, 0.29) is 48.9 Å². The summed E-state index contributed by atoms with van der Waals surface area (Å²) in [6, 6.07) is 15.0. The number of para-hydroxylation sites is 1. The van der Waals surface area contributed by atoms with Gasteiger partial charge in [0.05, 0.1) is 30.5 Å². The standard InChI is InChI=1S/C32H39N5O7Si/c1-20-30(45(3,4)42)27(13-15-35-19-23(14-16-38)33-34-35)44-32(20)25-7-5-6-8-26(25)36(31(32)41)18-22-9-11-24(12-10-22)37-28(40)17-29(37)43-21(2)39/h5-12,19-20,27,29-30,38,42H,13-18H2,1-4H3/t20-,27+,29?,30-,32+/m1/s1. The van der Waals surface area contributed by atoms with Gasteiger partial charge in [-0.2, -0.15) is 0 Å². The van der Waals surface area contributed by atoms with Crippen molar-refractivity contribution < 1.29 is 33.8 Å². The van der Waals surface area contributed by atoms with Crippen molar-refractivity contribution in [1.82, 2.24) is 15.0 Å². The smallest absolute Gasteiger partial charge is 0.304 e. The Morgan fingerprint density at radius 3 is 2.56 bits per heavy atom. The maximum Gasteiger partial charge on any atom is 0.304 e. The minimum absolute atomic E-state index is 0.00628. The molecule has 4 heterocycles. The Kier molecular flexibility index (Phi) is 8.14. The number of hydrogen-bond acceptors (Lipinski definition) is 9. The summed E-state index contributed by atoms with van der Waals surface area (Å²) in [5.74, 6) is -1.02. The summed E-state index contributed by atoms with van der Waals surface area (Å²) in [4.78, 5) is 53.0. The van der Waals surface area contributed by atoms with E-state index in [2.05, 4.69) is 10.3 Å². The van der Waals surface area contributed by atoms with Gasteiger partial charge in [-0.15, -0.1) is 5.10 Å². The zero-order chi connectivity index (χ0) is 32.1. The number of aryl methyl sites for hydroxylation is 1. The van der Waals surface area contributed by atoms with Gasteiger partial charge in [-0.3, -0.25) is 24.0 Å². The lowest BCUT2D eigenvalue weighted by atomic mass is 9.82. The molecule has 2 saturated heterocycles. The van der Waals surface area contributed by atoms with Gasteiger partial charge in [-0.05, 0) is 43.3 Å². The molecule has 0 bridgehead atoms. The summed E-state index contributed by atoms with van der Waals surface area (Å²) >= 11 is 0. The number of aliphatic hydroxyl groups excluding tert-OH is 1. The first kappa shape index (κ1) is 31.1. The Hall–Kier alpha value is -3.91. The lowest BCUT2D eigenvalue weighted by Crippen LogP contribution is -2.54. The average Bonchev–Trinajstić information content (AvgIpc) is 3.62. The molecule has 45 heavy (non-hydrogen) atoms. The Bertz CT molecular complexity index is 1610. The van der Waals surface area contributed by atoms with Crippen molar-refractivity contribution in [3.8, 4) is 0 Å². The van der Waals surface area contributed by atoms with Crippen LogP contribution in [0.4, 0.5) is 11.4 Å². The van der Waals surface area contributed by atoms with Gasteiger partial charge in [-0.1, -0.05) is 42.5 Å². The van der Waals surface area contributed by atoms with Gasteiger partial charge in [0.2, 0.25) is 5.91 Å². The molecule has 3 aromatic rings. The number of aromatic nitrogens is 3. The van der Waals surface area contributed by atoms with Crippen LogP contribution >= 0.6 is 0 Å². The fourth-order valence-corrected chi connectivity index (χ4v) is 9.93. The third-order valence-corrected chi connectivity index (χ3v) is 11.8. The van der Waals surface area contributed by atoms with E-state index in [0.717, 1.165) is 16.8 Å². The number of ether oxygens (including phenoxy) is 2. The van der Waals surface area contributed by atoms with Crippen LogP contribution < -0.4 is 9.80 Å². The third kappa shape index (κ3) is 5.47.